The second-order valence-corrected chi connectivity index (χ2v) is 3.91. The lowest BCUT2D eigenvalue weighted by Gasteiger charge is -2.31. The molecule has 16 heavy (non-hydrogen) atoms. The molecule has 2 heterocycles. The fraction of sp³-hybridized carbons (Fsp3) is 0.778. The molecule has 7 nitrogen and oxygen atoms in total. The van der Waals surface area contributed by atoms with E-state index in [4.69, 9.17) is 9.84 Å². The van der Waals surface area contributed by atoms with Gasteiger partial charge >= 0.3 is 6.03 Å². The van der Waals surface area contributed by atoms with E-state index in [1.807, 2.05) is 0 Å². The van der Waals surface area contributed by atoms with Gasteiger partial charge in [0, 0.05) is 19.4 Å². The van der Waals surface area contributed by atoms with Gasteiger partial charge < -0.3 is 14.9 Å². The lowest BCUT2D eigenvalue weighted by molar-refractivity contribution is -0.123. The first-order valence-electron chi connectivity index (χ1n) is 5.16. The van der Waals surface area contributed by atoms with Crippen LogP contribution in [0.3, 0.4) is 0 Å². The minimum atomic E-state index is -0.777. The van der Waals surface area contributed by atoms with E-state index in [1.165, 1.54) is 4.90 Å². The summed E-state index contributed by atoms with van der Waals surface area (Å²) in [5, 5.41) is 20.6. The summed E-state index contributed by atoms with van der Waals surface area (Å²) in [4.78, 5) is 23.8. The standard InChI is InChI=1S/C9H14N2O5/c12-4-6-5(13)3-8(16-6)11-2-1-7(14)10-9(11)15/h5-6,8,12-13H,1-4H2,(H,10,14,15). The third-order valence-electron chi connectivity index (χ3n) is 2.82. The molecule has 0 radical (unpaired) electrons. The molecule has 0 aromatic carbocycles. The first-order valence-corrected chi connectivity index (χ1v) is 5.16. The summed E-state index contributed by atoms with van der Waals surface area (Å²) in [6.07, 6.45) is -1.52. The Kier molecular flexibility index (Phi) is 3.08. The maximum absolute atomic E-state index is 11.5. The average molecular weight is 230 g/mol. The number of carbonyl (C=O) groups is 2. The summed E-state index contributed by atoms with van der Waals surface area (Å²) < 4.78 is 5.32. The maximum atomic E-state index is 11.5. The van der Waals surface area contributed by atoms with Crippen LogP contribution in [0.4, 0.5) is 4.79 Å². The number of hydrogen-bond donors (Lipinski definition) is 3. The number of ether oxygens (including phenoxy) is 1. The van der Waals surface area contributed by atoms with Crippen molar-refractivity contribution in [1.29, 1.82) is 0 Å². The largest absolute Gasteiger partial charge is 0.394 e. The molecule has 7 heteroatoms. The van der Waals surface area contributed by atoms with E-state index in [2.05, 4.69) is 5.32 Å². The van der Waals surface area contributed by atoms with Crippen LogP contribution in [0, 0.1) is 0 Å². The molecule has 3 unspecified atom stereocenters. The van der Waals surface area contributed by atoms with Crippen molar-refractivity contribution in [3.8, 4) is 0 Å². The molecule has 3 amide bonds. The van der Waals surface area contributed by atoms with E-state index in [9.17, 15) is 14.7 Å². The van der Waals surface area contributed by atoms with E-state index in [0.29, 0.717) is 0 Å². The molecule has 2 saturated heterocycles. The van der Waals surface area contributed by atoms with Crippen LogP contribution in [0.2, 0.25) is 0 Å². The molecule has 2 fully saturated rings. The highest BCUT2D eigenvalue weighted by atomic mass is 16.5. The summed E-state index contributed by atoms with van der Waals surface area (Å²) in [5.74, 6) is -0.307. The highest BCUT2D eigenvalue weighted by Crippen LogP contribution is 2.24. The summed E-state index contributed by atoms with van der Waals surface area (Å²) in [7, 11) is 0. The summed E-state index contributed by atoms with van der Waals surface area (Å²) >= 11 is 0. The van der Waals surface area contributed by atoms with Crippen LogP contribution >= 0.6 is 0 Å². The summed E-state index contributed by atoms with van der Waals surface area (Å²) in [6, 6.07) is -0.507. The molecule has 3 N–H and O–H groups in total. The number of urea groups is 1. The predicted octanol–water partition coefficient (Wildman–Crippen LogP) is -1.60. The number of nitrogens with one attached hydrogen (secondary N) is 1. The molecule has 0 bridgehead atoms. The number of carbonyl (C=O) groups excluding carboxylic acids is 2. The van der Waals surface area contributed by atoms with Gasteiger partial charge in [0.25, 0.3) is 0 Å². The highest BCUT2D eigenvalue weighted by Gasteiger charge is 2.40. The zero-order valence-electron chi connectivity index (χ0n) is 8.63. The van der Waals surface area contributed by atoms with Gasteiger partial charge in [-0.1, -0.05) is 0 Å². The molecule has 0 saturated carbocycles. The number of aliphatic hydroxyl groups is 2. The van der Waals surface area contributed by atoms with Crippen molar-refractivity contribution in [2.75, 3.05) is 13.2 Å². The smallest absolute Gasteiger partial charge is 0.326 e. The van der Waals surface area contributed by atoms with Gasteiger partial charge in [-0.15, -0.1) is 0 Å². The number of aliphatic hydroxyl groups excluding tert-OH is 2. The van der Waals surface area contributed by atoms with E-state index < -0.39 is 24.5 Å². The van der Waals surface area contributed by atoms with Crippen LogP contribution in [-0.4, -0.2) is 58.6 Å². The normalized spacial score (nSPS) is 35.4. The van der Waals surface area contributed by atoms with Gasteiger partial charge in [-0.05, 0) is 0 Å². The predicted molar refractivity (Wildman–Crippen MR) is 51.2 cm³/mol. The monoisotopic (exact) mass is 230 g/mol. The molecular weight excluding hydrogens is 216 g/mol. The van der Waals surface area contributed by atoms with Crippen molar-refractivity contribution in [3.05, 3.63) is 0 Å². The minimum absolute atomic E-state index is 0.228. The Morgan fingerprint density at radius 1 is 1.50 bits per heavy atom. The first kappa shape index (κ1) is 11.3. The van der Waals surface area contributed by atoms with E-state index in [-0.39, 0.29) is 31.9 Å². The second-order valence-electron chi connectivity index (χ2n) is 3.91. The number of amides is 3. The van der Waals surface area contributed by atoms with Crippen molar-refractivity contribution in [1.82, 2.24) is 10.2 Å². The van der Waals surface area contributed by atoms with Gasteiger partial charge in [0.2, 0.25) is 5.91 Å². The lowest BCUT2D eigenvalue weighted by Crippen LogP contribution is -2.53. The van der Waals surface area contributed by atoms with Crippen LogP contribution in [0.5, 0.6) is 0 Å². The SMILES string of the molecule is O=C1CCN(C2CC(O)C(CO)O2)C(=O)N1. The molecule has 2 aliphatic heterocycles. The molecule has 0 aromatic rings. The van der Waals surface area contributed by atoms with E-state index in [1.54, 1.807) is 0 Å². The molecule has 90 valence electrons. The van der Waals surface area contributed by atoms with Crippen LogP contribution < -0.4 is 5.32 Å². The van der Waals surface area contributed by atoms with Crippen LogP contribution in [0.15, 0.2) is 0 Å². The van der Waals surface area contributed by atoms with Crippen LogP contribution in [-0.2, 0) is 9.53 Å². The Labute approximate surface area is 92.0 Å². The zero-order valence-corrected chi connectivity index (χ0v) is 8.63. The molecular formula is C9H14N2O5. The molecule has 2 rings (SSSR count). The topological polar surface area (TPSA) is 99.1 Å². The van der Waals surface area contributed by atoms with Crippen molar-refractivity contribution in [2.24, 2.45) is 0 Å². The van der Waals surface area contributed by atoms with Crippen molar-refractivity contribution < 1.29 is 24.5 Å². The summed E-state index contributed by atoms with van der Waals surface area (Å²) in [5.41, 5.74) is 0. The third kappa shape index (κ3) is 2.01. The fourth-order valence-electron chi connectivity index (χ4n) is 1.92. The zero-order chi connectivity index (χ0) is 11.7. The molecule has 2 aliphatic rings. The minimum Gasteiger partial charge on any atom is -0.394 e. The first-order chi connectivity index (χ1) is 7.61. The quantitative estimate of drug-likeness (QED) is 0.530. The average Bonchev–Trinajstić information content (AvgIpc) is 2.59. The van der Waals surface area contributed by atoms with E-state index in [0.717, 1.165) is 0 Å². The molecule has 0 spiro atoms. The number of hydrogen-bond acceptors (Lipinski definition) is 5. The second kappa shape index (κ2) is 4.36. The Bertz CT molecular complexity index is 308. The van der Waals surface area contributed by atoms with Crippen LogP contribution in [0.25, 0.3) is 0 Å². The molecule has 0 aliphatic carbocycles. The van der Waals surface area contributed by atoms with Gasteiger partial charge in [0.1, 0.15) is 12.3 Å². The van der Waals surface area contributed by atoms with Crippen LogP contribution in [0.1, 0.15) is 12.8 Å². The Morgan fingerprint density at radius 2 is 2.25 bits per heavy atom. The number of imide groups is 1. The molecule has 3 atom stereocenters. The van der Waals surface area contributed by atoms with Crippen molar-refractivity contribution >= 4 is 11.9 Å². The van der Waals surface area contributed by atoms with Gasteiger partial charge in [-0.25, -0.2) is 4.79 Å². The van der Waals surface area contributed by atoms with Crippen molar-refractivity contribution in [3.63, 3.8) is 0 Å². The summed E-state index contributed by atoms with van der Waals surface area (Å²) in [6.45, 7) is -0.00768. The Balaban J connectivity index is 1.98. The van der Waals surface area contributed by atoms with Gasteiger partial charge in [0.05, 0.1) is 12.7 Å². The van der Waals surface area contributed by atoms with E-state index >= 15 is 0 Å². The number of nitrogens with zero attached hydrogens (tertiary/aromatic N) is 1. The number of rotatable bonds is 2. The fourth-order valence-corrected chi connectivity index (χ4v) is 1.92. The lowest BCUT2D eigenvalue weighted by atomic mass is 10.2. The van der Waals surface area contributed by atoms with Gasteiger partial charge in [-0.3, -0.25) is 15.0 Å². The van der Waals surface area contributed by atoms with Gasteiger partial charge in [0.15, 0.2) is 0 Å². The Morgan fingerprint density at radius 3 is 2.81 bits per heavy atom. The van der Waals surface area contributed by atoms with Crippen molar-refractivity contribution in [2.45, 2.75) is 31.3 Å². The Hall–Kier alpha value is -1.18. The third-order valence-corrected chi connectivity index (χ3v) is 2.82. The maximum Gasteiger partial charge on any atom is 0.326 e. The van der Waals surface area contributed by atoms with Gasteiger partial charge in [-0.2, -0.15) is 0 Å². The molecule has 0 aromatic heterocycles. The highest BCUT2D eigenvalue weighted by molar-refractivity contribution is 5.96.